The minimum atomic E-state index is -0.734. The lowest BCUT2D eigenvalue weighted by molar-refractivity contribution is -0.138. The van der Waals surface area contributed by atoms with Crippen molar-refractivity contribution in [1.29, 1.82) is 0 Å². The SMILES string of the molecule is C=CC(=O)OCCCCCC(=O)Oc1ccc(C(=O)O[C@H]2COC3C2OC[C@H]3OC(=O)c2ccc(OC(=O)CCCCCOC(=O)C=C)cc2)cc1. The van der Waals surface area contributed by atoms with Crippen molar-refractivity contribution in [3.8, 4) is 11.5 Å². The minimum Gasteiger partial charge on any atom is -0.463 e. The molecule has 2 aromatic rings. The smallest absolute Gasteiger partial charge is 0.338 e. The number of esters is 6. The van der Waals surface area contributed by atoms with E-state index >= 15 is 0 Å². The highest BCUT2D eigenvalue weighted by Crippen LogP contribution is 2.32. The fraction of sp³-hybridized carbons (Fsp3) is 0.421. The molecule has 0 saturated carbocycles. The first-order valence-electron chi connectivity index (χ1n) is 17.0. The molecule has 0 aromatic heterocycles. The fourth-order valence-electron chi connectivity index (χ4n) is 5.29. The van der Waals surface area contributed by atoms with Crippen LogP contribution in [0.15, 0.2) is 73.8 Å². The molecule has 2 unspecified atom stereocenters. The molecule has 52 heavy (non-hydrogen) atoms. The van der Waals surface area contributed by atoms with Gasteiger partial charge in [-0.1, -0.05) is 13.2 Å². The second kappa shape index (κ2) is 20.5. The number of carbonyl (C=O) groups excluding carboxylic acids is 6. The Morgan fingerprint density at radius 3 is 1.33 bits per heavy atom. The Bertz CT molecular complexity index is 1450. The highest BCUT2D eigenvalue weighted by atomic mass is 16.7. The van der Waals surface area contributed by atoms with Crippen molar-refractivity contribution in [2.75, 3.05) is 26.4 Å². The zero-order valence-electron chi connectivity index (χ0n) is 28.7. The molecule has 278 valence electrons. The van der Waals surface area contributed by atoms with E-state index in [4.69, 9.17) is 37.9 Å². The van der Waals surface area contributed by atoms with Gasteiger partial charge in [0, 0.05) is 25.0 Å². The van der Waals surface area contributed by atoms with Crippen LogP contribution in [0.25, 0.3) is 0 Å². The Kier molecular flexibility index (Phi) is 15.5. The predicted octanol–water partition coefficient (Wildman–Crippen LogP) is 4.63. The van der Waals surface area contributed by atoms with Crippen LogP contribution in [0.2, 0.25) is 0 Å². The quantitative estimate of drug-likeness (QED) is 0.0608. The summed E-state index contributed by atoms with van der Waals surface area (Å²) < 4.78 is 43.3. The molecule has 4 rings (SSSR count). The second-order valence-corrected chi connectivity index (χ2v) is 11.8. The van der Waals surface area contributed by atoms with Gasteiger partial charge in [-0.3, -0.25) is 9.59 Å². The van der Waals surface area contributed by atoms with Gasteiger partial charge in [-0.05, 0) is 87.1 Å². The van der Waals surface area contributed by atoms with Crippen LogP contribution < -0.4 is 9.47 Å². The van der Waals surface area contributed by atoms with Crippen LogP contribution in [-0.2, 0) is 47.6 Å². The average Bonchev–Trinajstić information content (AvgIpc) is 3.74. The molecule has 0 amide bonds. The second-order valence-electron chi connectivity index (χ2n) is 11.8. The Labute approximate surface area is 300 Å². The van der Waals surface area contributed by atoms with Crippen LogP contribution in [0.5, 0.6) is 11.5 Å². The number of ether oxygens (including phenoxy) is 8. The van der Waals surface area contributed by atoms with Gasteiger partial charge < -0.3 is 37.9 Å². The van der Waals surface area contributed by atoms with Crippen LogP contribution in [0, 0.1) is 0 Å². The van der Waals surface area contributed by atoms with Gasteiger partial charge in [0.25, 0.3) is 0 Å². The molecule has 2 saturated heterocycles. The lowest BCUT2D eigenvalue weighted by Crippen LogP contribution is -2.36. The third-order valence-electron chi connectivity index (χ3n) is 8.00. The number of carbonyl (C=O) groups is 6. The molecule has 2 aliphatic rings. The molecule has 2 aromatic carbocycles. The molecule has 4 atom stereocenters. The number of hydrogen-bond donors (Lipinski definition) is 0. The maximum atomic E-state index is 12.9. The van der Waals surface area contributed by atoms with Gasteiger partial charge in [-0.15, -0.1) is 0 Å². The molecule has 14 nitrogen and oxygen atoms in total. The third-order valence-corrected chi connectivity index (χ3v) is 8.00. The van der Waals surface area contributed by atoms with Gasteiger partial charge >= 0.3 is 35.8 Å². The molecule has 0 N–H and O–H groups in total. The summed E-state index contributed by atoms with van der Waals surface area (Å²) in [5.74, 6) is -2.51. The summed E-state index contributed by atoms with van der Waals surface area (Å²) in [6.45, 7) is 7.26. The molecule has 0 radical (unpaired) electrons. The average molecular weight is 723 g/mol. The van der Waals surface area contributed by atoms with E-state index in [1.54, 1.807) is 0 Å². The molecule has 0 aliphatic carbocycles. The molecule has 2 heterocycles. The van der Waals surface area contributed by atoms with Crippen molar-refractivity contribution in [3.63, 3.8) is 0 Å². The molecule has 2 aliphatic heterocycles. The van der Waals surface area contributed by atoms with Crippen LogP contribution in [-0.4, -0.2) is 86.7 Å². The van der Waals surface area contributed by atoms with E-state index in [2.05, 4.69) is 13.2 Å². The van der Waals surface area contributed by atoms with Crippen molar-refractivity contribution in [2.45, 2.75) is 75.8 Å². The molecule has 2 fully saturated rings. The van der Waals surface area contributed by atoms with E-state index in [-0.39, 0.29) is 61.9 Å². The summed E-state index contributed by atoms with van der Waals surface area (Å²) in [5, 5.41) is 0. The van der Waals surface area contributed by atoms with Crippen molar-refractivity contribution >= 4 is 35.8 Å². The first-order chi connectivity index (χ1) is 25.2. The fourth-order valence-corrected chi connectivity index (χ4v) is 5.29. The topological polar surface area (TPSA) is 176 Å². The normalized spacial score (nSPS) is 18.7. The van der Waals surface area contributed by atoms with Gasteiger partial charge in [0.15, 0.2) is 12.2 Å². The maximum absolute atomic E-state index is 12.9. The van der Waals surface area contributed by atoms with Crippen LogP contribution in [0.3, 0.4) is 0 Å². The van der Waals surface area contributed by atoms with Gasteiger partial charge in [0.05, 0.1) is 37.6 Å². The van der Waals surface area contributed by atoms with Crippen LogP contribution in [0.4, 0.5) is 0 Å². The maximum Gasteiger partial charge on any atom is 0.338 e. The van der Waals surface area contributed by atoms with Crippen LogP contribution >= 0.6 is 0 Å². The molecular formula is C38H42O14. The number of rotatable bonds is 20. The minimum absolute atomic E-state index is 0.0460. The number of fused-ring (bicyclic) bond motifs is 1. The number of hydrogen-bond acceptors (Lipinski definition) is 14. The largest absolute Gasteiger partial charge is 0.463 e. The first-order valence-corrected chi connectivity index (χ1v) is 17.0. The standard InChI is InChI=1S/C38H42O14/c1-3-31(39)45-21-9-5-7-11-33(41)49-27-17-13-25(14-18-27)37(43)51-29-23-47-36-30(24-48-35(29)36)52-38(44)26-15-19-28(20-16-26)50-34(42)12-8-6-10-22-46-32(40)4-2/h3-4,13-20,29-30,35-36H,1-2,5-12,21-24H2/t29-,30+,35?,36?. The highest BCUT2D eigenvalue weighted by molar-refractivity contribution is 5.90. The van der Waals surface area contributed by atoms with E-state index in [0.29, 0.717) is 38.5 Å². The van der Waals surface area contributed by atoms with Gasteiger partial charge in [-0.2, -0.15) is 0 Å². The summed E-state index contributed by atoms with van der Waals surface area (Å²) >= 11 is 0. The third kappa shape index (κ3) is 12.5. The zero-order chi connectivity index (χ0) is 37.3. The summed E-state index contributed by atoms with van der Waals surface area (Å²) in [5.41, 5.74) is 0.465. The Balaban J connectivity index is 1.14. The number of unbranched alkanes of at least 4 members (excludes halogenated alkanes) is 4. The van der Waals surface area contributed by atoms with Crippen molar-refractivity contribution in [2.24, 2.45) is 0 Å². The first kappa shape index (κ1) is 39.4. The van der Waals surface area contributed by atoms with E-state index in [9.17, 15) is 28.8 Å². The number of benzene rings is 2. The van der Waals surface area contributed by atoms with Gasteiger partial charge in [-0.25, -0.2) is 19.2 Å². The van der Waals surface area contributed by atoms with Crippen molar-refractivity contribution < 1.29 is 66.7 Å². The van der Waals surface area contributed by atoms with Crippen molar-refractivity contribution in [3.05, 3.63) is 85.0 Å². The van der Waals surface area contributed by atoms with Gasteiger partial charge in [0.1, 0.15) is 23.7 Å². The Hall–Kier alpha value is -5.34. The van der Waals surface area contributed by atoms with Gasteiger partial charge in [0.2, 0.25) is 0 Å². The predicted molar refractivity (Wildman–Crippen MR) is 181 cm³/mol. The molecule has 0 bridgehead atoms. The Morgan fingerprint density at radius 2 is 0.962 bits per heavy atom. The molecular weight excluding hydrogens is 680 g/mol. The van der Waals surface area contributed by atoms with E-state index < -0.39 is 60.2 Å². The zero-order valence-corrected chi connectivity index (χ0v) is 28.7. The summed E-state index contributed by atoms with van der Waals surface area (Å²) in [4.78, 5) is 72.1. The van der Waals surface area contributed by atoms with E-state index in [1.165, 1.54) is 48.5 Å². The van der Waals surface area contributed by atoms with Crippen molar-refractivity contribution in [1.82, 2.24) is 0 Å². The lowest BCUT2D eigenvalue weighted by Gasteiger charge is -2.17. The summed E-state index contributed by atoms with van der Waals surface area (Å²) in [7, 11) is 0. The molecule has 14 heteroatoms. The van der Waals surface area contributed by atoms with E-state index in [0.717, 1.165) is 12.2 Å². The highest BCUT2D eigenvalue weighted by Gasteiger charge is 2.51. The lowest BCUT2D eigenvalue weighted by atomic mass is 10.1. The monoisotopic (exact) mass is 722 g/mol. The Morgan fingerprint density at radius 1 is 0.577 bits per heavy atom. The molecule has 0 spiro atoms. The summed E-state index contributed by atoms with van der Waals surface area (Å²) in [6, 6.07) is 11.9. The van der Waals surface area contributed by atoms with E-state index in [1.807, 2.05) is 0 Å². The summed E-state index contributed by atoms with van der Waals surface area (Å²) in [6.07, 6.45) is 3.55. The van der Waals surface area contributed by atoms with Crippen LogP contribution in [0.1, 0.15) is 72.1 Å².